The van der Waals surface area contributed by atoms with Crippen molar-refractivity contribution in [1.82, 2.24) is 14.5 Å². The van der Waals surface area contributed by atoms with Crippen molar-refractivity contribution < 1.29 is 9.18 Å². The molecule has 1 saturated heterocycles. The number of aryl methyl sites for hydroxylation is 1. The lowest BCUT2D eigenvalue weighted by atomic mass is 10.1. The quantitative estimate of drug-likeness (QED) is 0.618. The van der Waals surface area contributed by atoms with Gasteiger partial charge in [-0.2, -0.15) is 0 Å². The highest BCUT2D eigenvalue weighted by Gasteiger charge is 2.23. The number of carbonyl (C=O) groups is 1. The SMILES string of the molecule is O=C(c1ccc2c(=O)n3c(nc2c1)CCCCCC3)N1CCN(c2ccc(F)cc2)CC1. The van der Waals surface area contributed by atoms with Gasteiger partial charge in [-0.15, -0.1) is 0 Å². The van der Waals surface area contributed by atoms with E-state index in [0.717, 1.165) is 50.2 Å². The van der Waals surface area contributed by atoms with E-state index in [9.17, 15) is 14.0 Å². The second kappa shape index (κ2) is 8.73. The molecule has 0 saturated carbocycles. The molecule has 1 amide bonds. The molecule has 2 aromatic carbocycles. The van der Waals surface area contributed by atoms with Gasteiger partial charge in [0.15, 0.2) is 0 Å². The summed E-state index contributed by atoms with van der Waals surface area (Å²) in [5.74, 6) is 0.540. The molecule has 2 aliphatic heterocycles. The predicted molar refractivity (Wildman–Crippen MR) is 123 cm³/mol. The fourth-order valence-corrected chi connectivity index (χ4v) is 4.73. The molecule has 0 spiro atoms. The Morgan fingerprint density at radius 3 is 2.41 bits per heavy atom. The maximum atomic E-state index is 13.2. The Morgan fingerprint density at radius 1 is 0.875 bits per heavy atom. The van der Waals surface area contributed by atoms with Gasteiger partial charge in [0.25, 0.3) is 11.5 Å². The molecule has 0 radical (unpaired) electrons. The zero-order valence-corrected chi connectivity index (χ0v) is 18.1. The van der Waals surface area contributed by atoms with Gasteiger partial charge < -0.3 is 9.80 Å². The van der Waals surface area contributed by atoms with Gasteiger partial charge in [-0.05, 0) is 55.3 Å². The molecular formula is C25H27FN4O2. The number of aromatic nitrogens is 2. The minimum Gasteiger partial charge on any atom is -0.368 e. The van der Waals surface area contributed by atoms with Crippen molar-refractivity contribution in [3.05, 3.63) is 70.0 Å². The highest BCUT2D eigenvalue weighted by Crippen LogP contribution is 2.20. The van der Waals surface area contributed by atoms with Crippen LogP contribution in [0.15, 0.2) is 47.3 Å². The van der Waals surface area contributed by atoms with E-state index in [1.54, 1.807) is 30.3 Å². The van der Waals surface area contributed by atoms with E-state index in [-0.39, 0.29) is 17.3 Å². The monoisotopic (exact) mass is 434 g/mol. The smallest absolute Gasteiger partial charge is 0.261 e. The van der Waals surface area contributed by atoms with E-state index in [1.165, 1.54) is 12.1 Å². The molecule has 0 aliphatic carbocycles. The van der Waals surface area contributed by atoms with Crippen LogP contribution in [0.3, 0.4) is 0 Å². The number of fused-ring (bicyclic) bond motifs is 2. The average Bonchev–Trinajstić information content (AvgIpc) is 2.80. The Balaban J connectivity index is 1.35. The number of rotatable bonds is 2. The maximum absolute atomic E-state index is 13.2. The van der Waals surface area contributed by atoms with Crippen LogP contribution in [0, 0.1) is 5.82 Å². The minimum atomic E-state index is -0.250. The topological polar surface area (TPSA) is 58.4 Å². The van der Waals surface area contributed by atoms with Crippen LogP contribution < -0.4 is 10.5 Å². The van der Waals surface area contributed by atoms with Crippen molar-refractivity contribution in [3.63, 3.8) is 0 Å². The first-order valence-corrected chi connectivity index (χ1v) is 11.4. The molecule has 0 unspecified atom stereocenters. The molecule has 1 fully saturated rings. The maximum Gasteiger partial charge on any atom is 0.261 e. The highest BCUT2D eigenvalue weighted by molar-refractivity contribution is 5.97. The first-order chi connectivity index (χ1) is 15.6. The van der Waals surface area contributed by atoms with Crippen LogP contribution in [0.25, 0.3) is 10.9 Å². The van der Waals surface area contributed by atoms with Gasteiger partial charge in [-0.3, -0.25) is 14.2 Å². The number of hydrogen-bond donors (Lipinski definition) is 0. The predicted octanol–water partition coefficient (Wildman–Crippen LogP) is 3.61. The van der Waals surface area contributed by atoms with E-state index in [4.69, 9.17) is 4.98 Å². The van der Waals surface area contributed by atoms with Gasteiger partial charge in [0.1, 0.15) is 11.6 Å². The van der Waals surface area contributed by atoms with Gasteiger partial charge >= 0.3 is 0 Å². The van der Waals surface area contributed by atoms with Crippen molar-refractivity contribution in [2.75, 3.05) is 31.1 Å². The highest BCUT2D eigenvalue weighted by atomic mass is 19.1. The number of amides is 1. The number of piperazine rings is 1. The molecule has 0 N–H and O–H groups in total. The third-order valence-electron chi connectivity index (χ3n) is 6.57. The van der Waals surface area contributed by atoms with Crippen LogP contribution in [-0.4, -0.2) is 46.5 Å². The van der Waals surface area contributed by atoms with Gasteiger partial charge in [0.2, 0.25) is 0 Å². The minimum absolute atomic E-state index is 0.00110. The summed E-state index contributed by atoms with van der Waals surface area (Å²) in [6.45, 7) is 3.29. The van der Waals surface area contributed by atoms with Gasteiger partial charge in [-0.25, -0.2) is 9.37 Å². The Morgan fingerprint density at radius 2 is 1.62 bits per heavy atom. The van der Waals surface area contributed by atoms with Crippen LogP contribution in [0.1, 0.15) is 41.9 Å². The lowest BCUT2D eigenvalue weighted by Crippen LogP contribution is -2.48. The van der Waals surface area contributed by atoms with Crippen LogP contribution in [0.2, 0.25) is 0 Å². The number of nitrogens with zero attached hydrogens (tertiary/aromatic N) is 4. The third-order valence-corrected chi connectivity index (χ3v) is 6.57. The van der Waals surface area contributed by atoms with E-state index >= 15 is 0 Å². The summed E-state index contributed by atoms with van der Waals surface area (Å²) >= 11 is 0. The zero-order chi connectivity index (χ0) is 22.1. The summed E-state index contributed by atoms with van der Waals surface area (Å²) < 4.78 is 15.0. The number of carbonyl (C=O) groups excluding carboxylic acids is 1. The lowest BCUT2D eigenvalue weighted by Gasteiger charge is -2.36. The summed E-state index contributed by atoms with van der Waals surface area (Å²) in [6.07, 6.45) is 5.15. The summed E-state index contributed by atoms with van der Waals surface area (Å²) in [7, 11) is 0. The third kappa shape index (κ3) is 3.99. The summed E-state index contributed by atoms with van der Waals surface area (Å²) in [5.41, 5.74) is 2.14. The Labute approximate surface area is 186 Å². The molecule has 0 bridgehead atoms. The van der Waals surface area contributed by atoms with Gasteiger partial charge in [-0.1, -0.05) is 12.8 Å². The van der Waals surface area contributed by atoms with Crippen LogP contribution >= 0.6 is 0 Å². The van der Waals surface area contributed by atoms with Crippen molar-refractivity contribution in [1.29, 1.82) is 0 Å². The van der Waals surface area contributed by atoms with Crippen molar-refractivity contribution in [3.8, 4) is 0 Å². The number of halogens is 1. The molecule has 166 valence electrons. The molecule has 1 aromatic heterocycles. The molecule has 6 nitrogen and oxygen atoms in total. The van der Waals surface area contributed by atoms with E-state index in [1.807, 2.05) is 9.47 Å². The first kappa shape index (κ1) is 20.7. The molecule has 5 rings (SSSR count). The lowest BCUT2D eigenvalue weighted by molar-refractivity contribution is 0.0747. The largest absolute Gasteiger partial charge is 0.368 e. The Kier molecular flexibility index (Phi) is 5.64. The second-order valence-electron chi connectivity index (χ2n) is 8.64. The normalized spacial score (nSPS) is 17.0. The fourth-order valence-electron chi connectivity index (χ4n) is 4.73. The van der Waals surface area contributed by atoms with E-state index in [0.29, 0.717) is 42.6 Å². The molecule has 0 atom stereocenters. The molecule has 3 heterocycles. The van der Waals surface area contributed by atoms with Crippen molar-refractivity contribution in [2.45, 2.75) is 38.6 Å². The first-order valence-electron chi connectivity index (χ1n) is 11.4. The number of hydrogen-bond acceptors (Lipinski definition) is 4. The van der Waals surface area contributed by atoms with Crippen molar-refractivity contribution in [2.24, 2.45) is 0 Å². The van der Waals surface area contributed by atoms with Gasteiger partial charge in [0.05, 0.1) is 10.9 Å². The van der Waals surface area contributed by atoms with Gasteiger partial charge in [0, 0.05) is 50.4 Å². The van der Waals surface area contributed by atoms with Crippen LogP contribution in [0.5, 0.6) is 0 Å². The molecule has 2 aliphatic rings. The van der Waals surface area contributed by atoms with Crippen molar-refractivity contribution >= 4 is 22.5 Å². The molecule has 32 heavy (non-hydrogen) atoms. The Hall–Kier alpha value is -3.22. The molecule has 7 heteroatoms. The zero-order valence-electron chi connectivity index (χ0n) is 18.1. The fraction of sp³-hybridized carbons (Fsp3) is 0.400. The van der Waals surface area contributed by atoms with Crippen LogP contribution in [0.4, 0.5) is 10.1 Å². The van der Waals surface area contributed by atoms with E-state index in [2.05, 4.69) is 4.90 Å². The second-order valence-corrected chi connectivity index (χ2v) is 8.64. The number of benzene rings is 2. The average molecular weight is 435 g/mol. The standard InChI is InChI=1S/C25H27FN4O2/c26-19-7-9-20(10-8-19)28-13-15-29(16-14-28)24(31)18-6-11-21-22(17-18)27-23-5-3-1-2-4-12-30(23)25(21)32/h6-11,17H,1-5,12-16H2. The van der Waals surface area contributed by atoms with Crippen LogP contribution in [-0.2, 0) is 13.0 Å². The Bertz CT molecular complexity index is 1200. The molecular weight excluding hydrogens is 407 g/mol. The molecule has 3 aromatic rings. The summed E-state index contributed by atoms with van der Waals surface area (Å²) in [4.78, 5) is 34.9. The van der Waals surface area contributed by atoms with E-state index < -0.39 is 0 Å². The number of anilines is 1. The summed E-state index contributed by atoms with van der Waals surface area (Å²) in [5, 5.41) is 0.576. The summed E-state index contributed by atoms with van der Waals surface area (Å²) in [6, 6.07) is 11.7.